The molecule has 1 N–H and O–H groups in total. The molecule has 9 nitrogen and oxygen atoms in total. The molecular weight excluding hydrogens is 354 g/mol. The predicted molar refractivity (Wildman–Crippen MR) is 98.6 cm³/mol. The minimum atomic E-state index is -0.706. The summed E-state index contributed by atoms with van der Waals surface area (Å²) in [4.78, 5) is 25.3. The maximum atomic E-state index is 11.1. The summed E-state index contributed by atoms with van der Waals surface area (Å²) in [5.41, 5.74) is 0.890. The topological polar surface area (TPSA) is 129 Å². The first-order valence-corrected chi connectivity index (χ1v) is 7.68. The smallest absolute Gasteiger partial charge is 0.315 e. The van der Waals surface area contributed by atoms with Crippen LogP contribution in [0.4, 0.5) is 11.4 Å². The number of fused-ring (bicyclic) bond motifs is 1. The Hall–Kier alpha value is -4.01. The summed E-state index contributed by atoms with van der Waals surface area (Å²) in [7, 11) is 1.30. The van der Waals surface area contributed by atoms with Crippen molar-refractivity contribution >= 4 is 34.4 Å². The second-order valence-corrected chi connectivity index (χ2v) is 5.52. The van der Waals surface area contributed by atoms with E-state index in [2.05, 4.69) is 4.98 Å². The van der Waals surface area contributed by atoms with Crippen molar-refractivity contribution in [3.8, 4) is 11.5 Å². The molecule has 0 aliphatic heterocycles. The highest BCUT2D eigenvalue weighted by atomic mass is 16.6. The number of benzene rings is 2. The largest absolute Gasteiger partial charge is 0.500 e. The number of methoxy groups -OCH3 is 1. The number of nitro groups is 2. The van der Waals surface area contributed by atoms with Gasteiger partial charge in [-0.2, -0.15) is 0 Å². The highest BCUT2D eigenvalue weighted by Gasteiger charge is 2.19. The van der Waals surface area contributed by atoms with Gasteiger partial charge < -0.3 is 9.84 Å². The van der Waals surface area contributed by atoms with Crippen LogP contribution in [-0.4, -0.2) is 27.0 Å². The van der Waals surface area contributed by atoms with Gasteiger partial charge in [-0.05, 0) is 35.9 Å². The number of rotatable bonds is 5. The van der Waals surface area contributed by atoms with Crippen LogP contribution in [0.5, 0.6) is 11.5 Å². The van der Waals surface area contributed by atoms with Crippen molar-refractivity contribution in [2.24, 2.45) is 0 Å². The molecule has 0 aliphatic rings. The highest BCUT2D eigenvalue weighted by Crippen LogP contribution is 2.37. The lowest BCUT2D eigenvalue weighted by atomic mass is 10.1. The molecule has 0 atom stereocenters. The number of hydrogen-bond acceptors (Lipinski definition) is 7. The molecular formula is C18H13N3O6. The maximum absolute atomic E-state index is 11.1. The molecule has 0 unspecified atom stereocenters. The maximum Gasteiger partial charge on any atom is 0.315 e. The Balaban J connectivity index is 2.00. The van der Waals surface area contributed by atoms with Gasteiger partial charge in [0.15, 0.2) is 5.75 Å². The molecule has 2 aromatic carbocycles. The second-order valence-electron chi connectivity index (χ2n) is 5.52. The molecule has 0 bridgehead atoms. The number of phenols is 1. The zero-order chi connectivity index (χ0) is 19.6. The average molecular weight is 367 g/mol. The number of nitrogens with zero attached hydrogens (tertiary/aromatic N) is 3. The van der Waals surface area contributed by atoms with Gasteiger partial charge in [0.1, 0.15) is 0 Å². The molecule has 9 heteroatoms. The minimum absolute atomic E-state index is 0.0223. The van der Waals surface area contributed by atoms with E-state index in [0.717, 1.165) is 0 Å². The van der Waals surface area contributed by atoms with Crippen molar-refractivity contribution in [1.82, 2.24) is 4.98 Å². The normalized spacial score (nSPS) is 11.0. The zero-order valence-corrected chi connectivity index (χ0v) is 14.0. The zero-order valence-electron chi connectivity index (χ0n) is 14.0. The van der Waals surface area contributed by atoms with E-state index >= 15 is 0 Å². The van der Waals surface area contributed by atoms with Gasteiger partial charge in [0.2, 0.25) is 5.75 Å². The van der Waals surface area contributed by atoms with Gasteiger partial charge in [0.05, 0.1) is 33.6 Å². The summed E-state index contributed by atoms with van der Waals surface area (Å²) in [6.45, 7) is 0. The van der Waals surface area contributed by atoms with Crippen molar-refractivity contribution < 1.29 is 19.7 Å². The Bertz CT molecular complexity index is 1090. The molecule has 0 aliphatic carbocycles. The molecule has 0 saturated heterocycles. The quantitative estimate of drug-likeness (QED) is 0.534. The van der Waals surface area contributed by atoms with Gasteiger partial charge in [0, 0.05) is 12.1 Å². The Labute approximate surface area is 152 Å². The van der Waals surface area contributed by atoms with Crippen molar-refractivity contribution in [2.45, 2.75) is 0 Å². The van der Waals surface area contributed by atoms with Crippen molar-refractivity contribution in [3.63, 3.8) is 0 Å². The molecule has 0 amide bonds. The number of hydrogen-bond donors (Lipinski definition) is 1. The summed E-state index contributed by atoms with van der Waals surface area (Å²) < 4.78 is 4.95. The number of ether oxygens (including phenoxy) is 1. The Kier molecular flexibility index (Phi) is 4.67. The van der Waals surface area contributed by atoms with Crippen LogP contribution in [0.1, 0.15) is 11.3 Å². The first-order valence-electron chi connectivity index (χ1n) is 7.68. The molecule has 136 valence electrons. The molecule has 3 aromatic rings. The molecule has 0 saturated carbocycles. The third-order valence-corrected chi connectivity index (χ3v) is 3.87. The van der Waals surface area contributed by atoms with Crippen LogP contribution in [0.3, 0.4) is 0 Å². The molecule has 1 aromatic heterocycles. The summed E-state index contributed by atoms with van der Waals surface area (Å²) in [5, 5.41) is 32.3. The van der Waals surface area contributed by atoms with Crippen LogP contribution in [0.25, 0.3) is 23.1 Å². The Morgan fingerprint density at radius 1 is 1.04 bits per heavy atom. The third kappa shape index (κ3) is 3.52. The molecule has 27 heavy (non-hydrogen) atoms. The van der Waals surface area contributed by atoms with Crippen LogP contribution in [-0.2, 0) is 0 Å². The van der Waals surface area contributed by atoms with Crippen molar-refractivity contribution in [1.29, 1.82) is 0 Å². The SMILES string of the molecule is COc1cc(/C=C/c2ccc3c([N+](=O)[O-])cccc3n2)cc([N+](=O)[O-])c1O. The summed E-state index contributed by atoms with van der Waals surface area (Å²) in [6.07, 6.45) is 3.17. The van der Waals surface area contributed by atoms with E-state index in [1.54, 1.807) is 36.4 Å². The van der Waals surface area contributed by atoms with E-state index in [1.165, 1.54) is 25.3 Å². The van der Waals surface area contributed by atoms with Gasteiger partial charge in [-0.3, -0.25) is 20.2 Å². The molecule has 0 spiro atoms. The van der Waals surface area contributed by atoms with Crippen LogP contribution in [0, 0.1) is 20.2 Å². The minimum Gasteiger partial charge on any atom is -0.500 e. The lowest BCUT2D eigenvalue weighted by Gasteiger charge is -2.05. The number of phenolic OH excluding ortho intramolecular Hbond substituents is 1. The number of non-ortho nitro benzene ring substituents is 1. The number of aromatic nitrogens is 1. The van der Waals surface area contributed by atoms with E-state index in [0.29, 0.717) is 22.2 Å². The van der Waals surface area contributed by atoms with E-state index in [-0.39, 0.29) is 11.4 Å². The first-order chi connectivity index (χ1) is 12.9. The standard InChI is InChI=1S/C18H13N3O6/c1-27-17-10-11(9-16(18(17)22)21(25)26)5-6-12-7-8-13-14(19-12)3-2-4-15(13)20(23)24/h2-10,22H,1H3/b6-5+. The first kappa shape index (κ1) is 17.8. The van der Waals surface area contributed by atoms with Gasteiger partial charge in [-0.15, -0.1) is 0 Å². The van der Waals surface area contributed by atoms with Crippen LogP contribution >= 0.6 is 0 Å². The summed E-state index contributed by atoms with van der Waals surface area (Å²) in [5.74, 6) is -0.568. The molecule has 0 radical (unpaired) electrons. The monoisotopic (exact) mass is 367 g/mol. The fourth-order valence-corrected chi connectivity index (χ4v) is 2.59. The van der Waals surface area contributed by atoms with Crippen molar-refractivity contribution in [3.05, 3.63) is 74.0 Å². The van der Waals surface area contributed by atoms with Gasteiger partial charge >= 0.3 is 5.69 Å². The van der Waals surface area contributed by atoms with Crippen LogP contribution in [0.2, 0.25) is 0 Å². The van der Waals surface area contributed by atoms with Gasteiger partial charge in [0.25, 0.3) is 5.69 Å². The number of pyridine rings is 1. The van der Waals surface area contributed by atoms with E-state index in [4.69, 9.17) is 4.74 Å². The molecule has 3 rings (SSSR count). The fraction of sp³-hybridized carbons (Fsp3) is 0.0556. The Morgan fingerprint density at radius 3 is 2.44 bits per heavy atom. The predicted octanol–water partition coefficient (Wildman–Crippen LogP) is 3.94. The van der Waals surface area contributed by atoms with Crippen molar-refractivity contribution in [2.75, 3.05) is 7.11 Å². The van der Waals surface area contributed by atoms with E-state index in [9.17, 15) is 25.3 Å². The molecule has 1 heterocycles. The second kappa shape index (κ2) is 7.08. The number of nitro benzene ring substituents is 2. The van der Waals surface area contributed by atoms with E-state index in [1.807, 2.05) is 0 Å². The highest BCUT2D eigenvalue weighted by molar-refractivity contribution is 5.89. The van der Waals surface area contributed by atoms with Crippen LogP contribution in [0.15, 0.2) is 42.5 Å². The fourth-order valence-electron chi connectivity index (χ4n) is 2.59. The third-order valence-electron chi connectivity index (χ3n) is 3.87. The Morgan fingerprint density at radius 2 is 1.78 bits per heavy atom. The van der Waals surface area contributed by atoms with Gasteiger partial charge in [-0.25, -0.2) is 4.98 Å². The number of aromatic hydroxyl groups is 1. The lowest BCUT2D eigenvalue weighted by Crippen LogP contribution is -1.93. The van der Waals surface area contributed by atoms with Crippen LogP contribution < -0.4 is 4.74 Å². The summed E-state index contributed by atoms with van der Waals surface area (Å²) in [6, 6.07) is 10.5. The van der Waals surface area contributed by atoms with E-state index < -0.39 is 21.3 Å². The summed E-state index contributed by atoms with van der Waals surface area (Å²) >= 11 is 0. The average Bonchev–Trinajstić information content (AvgIpc) is 2.66. The van der Waals surface area contributed by atoms with Gasteiger partial charge in [-0.1, -0.05) is 12.1 Å². The lowest BCUT2D eigenvalue weighted by molar-refractivity contribution is -0.386. The molecule has 0 fully saturated rings.